The van der Waals surface area contributed by atoms with Crippen LogP contribution in [0.3, 0.4) is 0 Å². The average Bonchev–Trinajstić information content (AvgIpc) is 3.11. The maximum atomic E-state index is 13.0. The highest BCUT2D eigenvalue weighted by Crippen LogP contribution is 2.46. The van der Waals surface area contributed by atoms with Gasteiger partial charge in [-0.2, -0.15) is 0 Å². The van der Waals surface area contributed by atoms with Crippen molar-refractivity contribution in [3.63, 3.8) is 0 Å². The largest absolute Gasteiger partial charge is 0.486 e. The molecule has 2 heterocycles. The summed E-state index contributed by atoms with van der Waals surface area (Å²) in [7, 11) is 0. The van der Waals surface area contributed by atoms with Gasteiger partial charge in [-0.3, -0.25) is 4.79 Å². The molecule has 1 saturated carbocycles. The number of carbonyl (C=O) groups is 1. The lowest BCUT2D eigenvalue weighted by molar-refractivity contribution is 0.0446. The maximum Gasteiger partial charge on any atom is 0.336 e. The zero-order valence-electron chi connectivity index (χ0n) is 15.2. The second-order valence-electron chi connectivity index (χ2n) is 7.69. The molecule has 2 aromatic carbocycles. The third-order valence-electron chi connectivity index (χ3n) is 5.92. The molecular formula is C23H20O4. The Morgan fingerprint density at radius 2 is 1.70 bits per heavy atom. The number of ether oxygens (including phenoxy) is 1. The molecule has 0 unspecified atom stereocenters. The van der Waals surface area contributed by atoms with Crippen molar-refractivity contribution >= 4 is 16.8 Å². The van der Waals surface area contributed by atoms with Crippen molar-refractivity contribution in [2.45, 2.75) is 44.6 Å². The molecule has 2 aliphatic rings. The van der Waals surface area contributed by atoms with E-state index in [2.05, 4.69) is 0 Å². The third-order valence-corrected chi connectivity index (χ3v) is 5.92. The number of aryl methyl sites for hydroxylation is 1. The van der Waals surface area contributed by atoms with Crippen molar-refractivity contribution in [3.8, 4) is 16.9 Å². The molecule has 0 radical (unpaired) electrons. The fourth-order valence-corrected chi connectivity index (χ4v) is 4.57. The first-order valence-electron chi connectivity index (χ1n) is 9.45. The highest BCUT2D eigenvalue weighted by atomic mass is 16.5. The van der Waals surface area contributed by atoms with Crippen LogP contribution in [0.1, 0.15) is 48.0 Å². The molecule has 1 aliphatic carbocycles. The molecule has 0 N–H and O–H groups in total. The van der Waals surface area contributed by atoms with Gasteiger partial charge in [-0.1, -0.05) is 30.3 Å². The standard InChI is InChI=1S/C23H20O4/c1-14-21-17(16(12-20(25)26-21)15-7-3-2-4-8-15)11-18-19(24)13-23(27-22(14)18)9-5-6-10-23/h2-4,7-8,11-12H,5-6,9-10,13H2,1H3. The van der Waals surface area contributed by atoms with Crippen LogP contribution in [0.2, 0.25) is 0 Å². The minimum absolute atomic E-state index is 0.119. The summed E-state index contributed by atoms with van der Waals surface area (Å²) in [4.78, 5) is 25.2. The van der Waals surface area contributed by atoms with Gasteiger partial charge in [0.2, 0.25) is 0 Å². The summed E-state index contributed by atoms with van der Waals surface area (Å²) in [6.07, 6.45) is 4.42. The zero-order chi connectivity index (χ0) is 18.6. The first kappa shape index (κ1) is 16.3. The summed E-state index contributed by atoms with van der Waals surface area (Å²) in [5, 5.41) is 0.774. The van der Waals surface area contributed by atoms with Crippen molar-refractivity contribution in [2.75, 3.05) is 0 Å². The molecule has 1 aliphatic heterocycles. The van der Waals surface area contributed by atoms with Crippen molar-refractivity contribution in [1.82, 2.24) is 0 Å². The van der Waals surface area contributed by atoms with Gasteiger partial charge in [-0.15, -0.1) is 0 Å². The van der Waals surface area contributed by atoms with E-state index >= 15 is 0 Å². The van der Waals surface area contributed by atoms with Crippen LogP contribution in [0.15, 0.2) is 51.7 Å². The number of rotatable bonds is 1. The van der Waals surface area contributed by atoms with Crippen LogP contribution in [0.5, 0.6) is 5.75 Å². The van der Waals surface area contributed by atoms with Crippen LogP contribution in [-0.2, 0) is 0 Å². The van der Waals surface area contributed by atoms with Gasteiger partial charge in [-0.25, -0.2) is 4.79 Å². The molecule has 0 amide bonds. The molecular weight excluding hydrogens is 340 g/mol. The van der Waals surface area contributed by atoms with Crippen molar-refractivity contribution < 1.29 is 13.9 Å². The van der Waals surface area contributed by atoms with Crippen LogP contribution < -0.4 is 10.4 Å². The van der Waals surface area contributed by atoms with Crippen molar-refractivity contribution in [1.29, 1.82) is 0 Å². The van der Waals surface area contributed by atoms with E-state index in [9.17, 15) is 9.59 Å². The van der Waals surface area contributed by atoms with E-state index in [4.69, 9.17) is 9.15 Å². The van der Waals surface area contributed by atoms with E-state index in [0.717, 1.165) is 47.8 Å². The van der Waals surface area contributed by atoms with Crippen LogP contribution >= 0.6 is 0 Å². The van der Waals surface area contributed by atoms with Crippen molar-refractivity contribution in [2.24, 2.45) is 0 Å². The van der Waals surface area contributed by atoms with Crippen LogP contribution in [0.4, 0.5) is 0 Å². The molecule has 4 heteroatoms. The fraction of sp³-hybridized carbons (Fsp3) is 0.304. The lowest BCUT2D eigenvalue weighted by Crippen LogP contribution is -2.39. The van der Waals surface area contributed by atoms with Gasteiger partial charge in [0.25, 0.3) is 0 Å². The van der Waals surface area contributed by atoms with E-state index in [0.29, 0.717) is 23.3 Å². The van der Waals surface area contributed by atoms with E-state index in [1.165, 1.54) is 6.07 Å². The third kappa shape index (κ3) is 2.51. The molecule has 4 nitrogen and oxygen atoms in total. The molecule has 0 atom stereocenters. The molecule has 0 bridgehead atoms. The van der Waals surface area contributed by atoms with Crippen molar-refractivity contribution in [3.05, 3.63) is 64.0 Å². The summed E-state index contributed by atoms with van der Waals surface area (Å²) in [6.45, 7) is 1.88. The average molecular weight is 360 g/mol. The lowest BCUT2D eigenvalue weighted by Gasteiger charge is -2.35. The number of fused-ring (bicyclic) bond motifs is 2. The summed E-state index contributed by atoms with van der Waals surface area (Å²) in [5.41, 5.74) is 2.76. The Morgan fingerprint density at radius 1 is 0.963 bits per heavy atom. The number of hydrogen-bond donors (Lipinski definition) is 0. The van der Waals surface area contributed by atoms with Crippen LogP contribution in [0, 0.1) is 6.92 Å². The smallest absolute Gasteiger partial charge is 0.336 e. The number of Topliss-reactive ketones (excluding diaryl/α,β-unsaturated/α-hetero) is 1. The number of ketones is 1. The number of hydrogen-bond acceptors (Lipinski definition) is 4. The Balaban J connectivity index is 1.79. The molecule has 3 aromatic rings. The van der Waals surface area contributed by atoms with E-state index in [1.54, 1.807) is 0 Å². The van der Waals surface area contributed by atoms with Gasteiger partial charge < -0.3 is 9.15 Å². The number of benzene rings is 2. The predicted octanol–water partition coefficient (Wildman–Crippen LogP) is 5.05. The quantitative estimate of drug-likeness (QED) is 0.570. The zero-order valence-corrected chi connectivity index (χ0v) is 15.2. The Labute approximate surface area is 156 Å². The van der Waals surface area contributed by atoms with E-state index in [1.807, 2.05) is 43.3 Å². The highest BCUT2D eigenvalue weighted by Gasteiger charge is 2.43. The first-order valence-corrected chi connectivity index (χ1v) is 9.45. The first-order chi connectivity index (χ1) is 13.1. The van der Waals surface area contributed by atoms with Crippen LogP contribution in [-0.4, -0.2) is 11.4 Å². The number of carbonyl (C=O) groups excluding carboxylic acids is 1. The van der Waals surface area contributed by atoms with Gasteiger partial charge in [-0.05, 0) is 49.8 Å². The Kier molecular flexibility index (Phi) is 3.51. The highest BCUT2D eigenvalue weighted by molar-refractivity contribution is 6.07. The normalized spacial score (nSPS) is 17.9. The second kappa shape index (κ2) is 5.81. The predicted molar refractivity (Wildman–Crippen MR) is 103 cm³/mol. The van der Waals surface area contributed by atoms with Crippen LogP contribution in [0.25, 0.3) is 22.1 Å². The molecule has 0 saturated heterocycles. The topological polar surface area (TPSA) is 56.5 Å². The molecule has 1 aromatic heterocycles. The van der Waals surface area contributed by atoms with Gasteiger partial charge in [0.1, 0.15) is 16.9 Å². The Hall–Kier alpha value is -2.88. The second-order valence-corrected chi connectivity index (χ2v) is 7.69. The van der Waals surface area contributed by atoms with Gasteiger partial charge in [0, 0.05) is 17.0 Å². The lowest BCUT2D eigenvalue weighted by atomic mass is 9.86. The minimum Gasteiger partial charge on any atom is -0.486 e. The molecule has 1 spiro atoms. The summed E-state index contributed by atoms with van der Waals surface area (Å²) in [6, 6.07) is 13.0. The summed E-state index contributed by atoms with van der Waals surface area (Å²) >= 11 is 0. The summed E-state index contributed by atoms with van der Waals surface area (Å²) < 4.78 is 12.0. The Morgan fingerprint density at radius 3 is 2.44 bits per heavy atom. The van der Waals surface area contributed by atoms with E-state index < -0.39 is 5.63 Å². The fourth-order valence-electron chi connectivity index (χ4n) is 4.57. The summed E-state index contributed by atoms with van der Waals surface area (Å²) in [5.74, 6) is 0.711. The molecule has 136 valence electrons. The molecule has 27 heavy (non-hydrogen) atoms. The monoisotopic (exact) mass is 360 g/mol. The maximum absolute atomic E-state index is 13.0. The molecule has 5 rings (SSSR count). The SMILES string of the molecule is Cc1c2c(cc3c(-c4ccccc4)cc(=O)oc13)C(=O)CC1(CCCC1)O2. The molecule has 1 fully saturated rings. The minimum atomic E-state index is -0.401. The van der Waals surface area contributed by atoms with Gasteiger partial charge in [0.15, 0.2) is 5.78 Å². The Bertz CT molecular complexity index is 1120. The van der Waals surface area contributed by atoms with E-state index in [-0.39, 0.29) is 11.4 Å². The van der Waals surface area contributed by atoms with Gasteiger partial charge >= 0.3 is 5.63 Å². The van der Waals surface area contributed by atoms with Gasteiger partial charge in [0.05, 0.1) is 12.0 Å².